The fraction of sp³-hybridized carbons (Fsp3) is 0.450. The molecule has 5 rings (SSSR count). The molecule has 2 aliphatic rings. The summed E-state index contributed by atoms with van der Waals surface area (Å²) < 4.78 is 2.21. The van der Waals surface area contributed by atoms with Crippen molar-refractivity contribution in [1.29, 1.82) is 0 Å². The Morgan fingerprint density at radius 2 is 1.65 bits per heavy atom. The molecule has 0 bridgehead atoms. The van der Waals surface area contributed by atoms with Gasteiger partial charge in [0.25, 0.3) is 0 Å². The molecule has 0 atom stereocenters. The Morgan fingerprint density at radius 3 is 2.46 bits per heavy atom. The van der Waals surface area contributed by atoms with E-state index in [1.807, 2.05) is 6.92 Å². The maximum absolute atomic E-state index is 4.85. The molecule has 2 aromatic heterocycles. The van der Waals surface area contributed by atoms with E-state index in [4.69, 9.17) is 9.97 Å². The van der Waals surface area contributed by atoms with Crippen LogP contribution >= 0.6 is 0 Å². The van der Waals surface area contributed by atoms with E-state index in [0.29, 0.717) is 0 Å². The average Bonchev–Trinajstić information content (AvgIpc) is 3.26. The van der Waals surface area contributed by atoms with Crippen molar-refractivity contribution in [1.82, 2.24) is 19.5 Å². The van der Waals surface area contributed by atoms with Crippen LogP contribution in [0.3, 0.4) is 0 Å². The van der Waals surface area contributed by atoms with E-state index in [1.165, 1.54) is 29.0 Å². The van der Waals surface area contributed by atoms with Crippen molar-refractivity contribution in [2.24, 2.45) is 7.05 Å². The van der Waals surface area contributed by atoms with Crippen LogP contribution in [0, 0.1) is 6.92 Å². The Labute approximate surface area is 153 Å². The van der Waals surface area contributed by atoms with E-state index in [-0.39, 0.29) is 0 Å². The highest BCUT2D eigenvalue weighted by molar-refractivity contribution is 5.78. The number of aromatic nitrogens is 4. The topological polar surface area (TPSA) is 50.1 Å². The van der Waals surface area contributed by atoms with Crippen molar-refractivity contribution < 1.29 is 0 Å². The van der Waals surface area contributed by atoms with Crippen LogP contribution < -0.4 is 9.80 Å². The van der Waals surface area contributed by atoms with Crippen LogP contribution in [0.25, 0.3) is 11.0 Å². The Kier molecular flexibility index (Phi) is 3.58. The van der Waals surface area contributed by atoms with Gasteiger partial charge in [-0.2, -0.15) is 0 Å². The van der Waals surface area contributed by atoms with Crippen LogP contribution in [0.1, 0.15) is 23.5 Å². The molecule has 6 nitrogen and oxygen atoms in total. The fourth-order valence-corrected chi connectivity index (χ4v) is 4.33. The number of hydrogen-bond donors (Lipinski definition) is 0. The number of nitrogens with zero attached hydrogens (tertiary/aromatic N) is 6. The van der Waals surface area contributed by atoms with E-state index < -0.39 is 0 Å². The summed E-state index contributed by atoms with van der Waals surface area (Å²) in [6.45, 7) is 5.90. The molecule has 134 valence electrons. The Hall–Kier alpha value is -2.63. The van der Waals surface area contributed by atoms with Gasteiger partial charge < -0.3 is 14.4 Å². The Bertz CT molecular complexity index is 968. The predicted molar refractivity (Wildman–Crippen MR) is 104 cm³/mol. The van der Waals surface area contributed by atoms with Crippen molar-refractivity contribution >= 4 is 22.8 Å². The summed E-state index contributed by atoms with van der Waals surface area (Å²) in [7, 11) is 2.11. The molecule has 0 spiro atoms. The average molecular weight is 348 g/mol. The van der Waals surface area contributed by atoms with Crippen LogP contribution in [0.15, 0.2) is 24.3 Å². The van der Waals surface area contributed by atoms with Crippen LogP contribution in [-0.4, -0.2) is 45.7 Å². The van der Waals surface area contributed by atoms with Gasteiger partial charge in [-0.05, 0) is 38.3 Å². The first-order valence-corrected chi connectivity index (χ1v) is 9.48. The van der Waals surface area contributed by atoms with Gasteiger partial charge in [0, 0.05) is 44.5 Å². The third-order valence-electron chi connectivity index (χ3n) is 5.65. The summed E-state index contributed by atoms with van der Waals surface area (Å²) >= 11 is 0. The number of fused-ring (bicyclic) bond motifs is 2. The van der Waals surface area contributed by atoms with Crippen molar-refractivity contribution in [2.75, 3.05) is 36.0 Å². The van der Waals surface area contributed by atoms with Gasteiger partial charge in [-0.25, -0.2) is 15.0 Å². The quantitative estimate of drug-likeness (QED) is 0.712. The molecule has 1 aliphatic carbocycles. The van der Waals surface area contributed by atoms with E-state index in [0.717, 1.165) is 56.3 Å². The van der Waals surface area contributed by atoms with Gasteiger partial charge in [0.15, 0.2) is 0 Å². The Morgan fingerprint density at radius 1 is 0.885 bits per heavy atom. The van der Waals surface area contributed by atoms with Gasteiger partial charge >= 0.3 is 0 Å². The first-order chi connectivity index (χ1) is 12.7. The number of benzene rings is 1. The number of rotatable bonds is 2. The second-order valence-corrected chi connectivity index (χ2v) is 7.31. The van der Waals surface area contributed by atoms with Gasteiger partial charge in [0.05, 0.1) is 11.0 Å². The molecule has 1 aromatic carbocycles. The van der Waals surface area contributed by atoms with Crippen molar-refractivity contribution in [3.63, 3.8) is 0 Å². The predicted octanol–water partition coefficient (Wildman–Crippen LogP) is 2.49. The molecule has 0 saturated carbocycles. The lowest BCUT2D eigenvalue weighted by molar-refractivity contribution is 0.623. The molecule has 1 fully saturated rings. The fourth-order valence-electron chi connectivity index (χ4n) is 4.33. The summed E-state index contributed by atoms with van der Waals surface area (Å²) in [4.78, 5) is 19.1. The maximum atomic E-state index is 4.85. The SMILES string of the molecule is Cc1nc2c(c(N3CCN(c4nc5ccccc5n4C)CC3)n1)CCC2. The minimum Gasteiger partial charge on any atom is -0.353 e. The van der Waals surface area contributed by atoms with E-state index in [1.54, 1.807) is 0 Å². The van der Waals surface area contributed by atoms with Crippen molar-refractivity contribution in [3.8, 4) is 0 Å². The molecule has 0 amide bonds. The highest BCUT2D eigenvalue weighted by atomic mass is 15.4. The Balaban J connectivity index is 1.39. The lowest BCUT2D eigenvalue weighted by atomic mass is 10.2. The van der Waals surface area contributed by atoms with Gasteiger partial charge in [-0.1, -0.05) is 12.1 Å². The monoisotopic (exact) mass is 348 g/mol. The van der Waals surface area contributed by atoms with E-state index >= 15 is 0 Å². The molecule has 0 N–H and O–H groups in total. The normalized spacial score (nSPS) is 17.2. The minimum atomic E-state index is 0.901. The number of para-hydroxylation sites is 2. The largest absolute Gasteiger partial charge is 0.353 e. The molecule has 26 heavy (non-hydrogen) atoms. The van der Waals surface area contributed by atoms with Crippen LogP contribution in [0.2, 0.25) is 0 Å². The van der Waals surface area contributed by atoms with E-state index in [9.17, 15) is 0 Å². The highest BCUT2D eigenvalue weighted by Gasteiger charge is 2.26. The van der Waals surface area contributed by atoms with Crippen LogP contribution in [-0.2, 0) is 19.9 Å². The van der Waals surface area contributed by atoms with Crippen LogP contribution in [0.4, 0.5) is 11.8 Å². The third kappa shape index (κ3) is 2.43. The summed E-state index contributed by atoms with van der Waals surface area (Å²) in [6, 6.07) is 8.34. The maximum Gasteiger partial charge on any atom is 0.206 e. The first-order valence-electron chi connectivity index (χ1n) is 9.48. The van der Waals surface area contributed by atoms with E-state index in [2.05, 4.69) is 50.7 Å². The summed E-state index contributed by atoms with van der Waals surface area (Å²) in [5, 5.41) is 0. The number of anilines is 2. The molecule has 3 aromatic rings. The molecular weight excluding hydrogens is 324 g/mol. The zero-order valence-corrected chi connectivity index (χ0v) is 15.4. The van der Waals surface area contributed by atoms with Gasteiger partial charge in [0.1, 0.15) is 11.6 Å². The number of hydrogen-bond acceptors (Lipinski definition) is 5. The molecule has 1 aliphatic heterocycles. The second kappa shape index (κ2) is 5.97. The zero-order valence-electron chi connectivity index (χ0n) is 15.4. The van der Waals surface area contributed by atoms with Gasteiger partial charge in [-0.15, -0.1) is 0 Å². The molecule has 0 radical (unpaired) electrons. The second-order valence-electron chi connectivity index (χ2n) is 7.31. The number of piperazine rings is 1. The number of aryl methyl sites for hydroxylation is 3. The van der Waals surface area contributed by atoms with Crippen LogP contribution in [0.5, 0.6) is 0 Å². The summed E-state index contributed by atoms with van der Waals surface area (Å²) in [5.41, 5.74) is 4.91. The third-order valence-corrected chi connectivity index (χ3v) is 5.65. The smallest absolute Gasteiger partial charge is 0.206 e. The molecule has 1 saturated heterocycles. The van der Waals surface area contributed by atoms with Crippen molar-refractivity contribution in [2.45, 2.75) is 26.2 Å². The summed E-state index contributed by atoms with van der Waals surface area (Å²) in [6.07, 6.45) is 3.43. The molecule has 3 heterocycles. The summed E-state index contributed by atoms with van der Waals surface area (Å²) in [5.74, 6) is 3.14. The lowest BCUT2D eigenvalue weighted by Gasteiger charge is -2.36. The van der Waals surface area contributed by atoms with Crippen molar-refractivity contribution in [3.05, 3.63) is 41.3 Å². The standard InChI is InChI=1S/C20H24N6/c1-14-21-16-8-5-6-15(16)19(22-14)25-10-12-26(13-11-25)20-23-17-7-3-4-9-18(17)24(20)2/h3-4,7,9H,5-6,8,10-13H2,1-2H3. The molecule has 0 unspecified atom stereocenters. The first kappa shape index (κ1) is 15.6. The van der Waals surface area contributed by atoms with Gasteiger partial charge in [-0.3, -0.25) is 0 Å². The molecular formula is C20H24N6. The highest BCUT2D eigenvalue weighted by Crippen LogP contribution is 2.30. The zero-order chi connectivity index (χ0) is 17.7. The lowest BCUT2D eigenvalue weighted by Crippen LogP contribution is -2.48. The minimum absolute atomic E-state index is 0.901. The molecule has 6 heteroatoms. The van der Waals surface area contributed by atoms with Gasteiger partial charge in [0.2, 0.25) is 5.95 Å². The number of imidazole rings is 1.